The van der Waals surface area contributed by atoms with Gasteiger partial charge in [-0.15, -0.1) is 10.2 Å². The average molecular weight is 354 g/mol. The van der Waals surface area contributed by atoms with Crippen LogP contribution in [0.5, 0.6) is 11.5 Å². The van der Waals surface area contributed by atoms with E-state index in [-0.39, 0.29) is 0 Å². The fourth-order valence-electron chi connectivity index (χ4n) is 2.57. The molecule has 2 aromatic heterocycles. The molecule has 1 aromatic carbocycles. The molecule has 26 heavy (non-hydrogen) atoms. The van der Waals surface area contributed by atoms with Gasteiger partial charge in [0.15, 0.2) is 28.9 Å². The van der Waals surface area contributed by atoms with Crippen molar-refractivity contribution < 1.29 is 9.47 Å². The van der Waals surface area contributed by atoms with Gasteiger partial charge >= 0.3 is 0 Å². The zero-order valence-electron chi connectivity index (χ0n) is 15.1. The molecule has 0 aliphatic rings. The third kappa shape index (κ3) is 3.85. The van der Waals surface area contributed by atoms with Crippen molar-refractivity contribution in [2.45, 2.75) is 13.1 Å². The maximum absolute atomic E-state index is 5.33. The number of nitrogens with zero attached hydrogens (tertiary/aromatic N) is 4. The summed E-state index contributed by atoms with van der Waals surface area (Å²) in [7, 11) is 4.97. The first kappa shape index (κ1) is 17.5. The van der Waals surface area contributed by atoms with Crippen LogP contribution >= 0.6 is 0 Å². The molecule has 0 fully saturated rings. The summed E-state index contributed by atoms with van der Waals surface area (Å²) in [5, 5.41) is 14.9. The topological polar surface area (TPSA) is 85.1 Å². The summed E-state index contributed by atoms with van der Waals surface area (Å²) in [6.07, 6.45) is 1.94. The molecule has 3 aromatic rings. The normalized spacial score (nSPS) is 11.4. The highest BCUT2D eigenvalue weighted by molar-refractivity contribution is 5.79. The Morgan fingerprint density at radius 2 is 1.85 bits per heavy atom. The minimum absolute atomic E-state index is 0.511. The summed E-state index contributed by atoms with van der Waals surface area (Å²) in [4.78, 5) is 4.24. The summed E-state index contributed by atoms with van der Waals surface area (Å²) >= 11 is 0. The van der Waals surface area contributed by atoms with Crippen molar-refractivity contribution in [3.63, 3.8) is 0 Å². The highest BCUT2D eigenvalue weighted by Gasteiger charge is 2.07. The Kier molecular flexibility index (Phi) is 5.52. The maximum atomic E-state index is 5.33. The monoisotopic (exact) mass is 354 g/mol. The minimum atomic E-state index is 0.511. The van der Waals surface area contributed by atoms with Crippen molar-refractivity contribution in [1.29, 1.82) is 0 Å². The number of nitrogens with one attached hydrogen (secondary N) is 2. The Hall–Kier alpha value is -3.29. The van der Waals surface area contributed by atoms with Crippen LogP contribution in [0.1, 0.15) is 11.4 Å². The fraction of sp³-hybridized carbons (Fsp3) is 0.278. The Morgan fingerprint density at radius 3 is 2.62 bits per heavy atom. The lowest BCUT2D eigenvalue weighted by atomic mass is 10.2. The molecule has 8 heteroatoms. The van der Waals surface area contributed by atoms with Crippen molar-refractivity contribution in [2.75, 3.05) is 21.3 Å². The minimum Gasteiger partial charge on any atom is -0.493 e. The van der Waals surface area contributed by atoms with Crippen molar-refractivity contribution in [1.82, 2.24) is 25.2 Å². The number of aliphatic imine (C=N–C) groups is 1. The molecule has 2 heterocycles. The highest BCUT2D eigenvalue weighted by atomic mass is 16.5. The van der Waals surface area contributed by atoms with Gasteiger partial charge in [0.05, 0.1) is 20.8 Å². The molecular formula is C18H22N6O2. The van der Waals surface area contributed by atoms with Gasteiger partial charge in [-0.05, 0) is 29.8 Å². The number of aromatic nitrogens is 3. The average Bonchev–Trinajstić information content (AvgIpc) is 3.11. The van der Waals surface area contributed by atoms with Gasteiger partial charge in [0.2, 0.25) is 0 Å². The first-order valence-corrected chi connectivity index (χ1v) is 8.19. The number of hydrogen-bond acceptors (Lipinski definition) is 5. The van der Waals surface area contributed by atoms with Crippen LogP contribution in [-0.4, -0.2) is 41.8 Å². The van der Waals surface area contributed by atoms with Gasteiger partial charge in [0.25, 0.3) is 0 Å². The zero-order chi connectivity index (χ0) is 18.4. The van der Waals surface area contributed by atoms with Crippen molar-refractivity contribution in [3.05, 3.63) is 54.0 Å². The van der Waals surface area contributed by atoms with E-state index in [1.54, 1.807) is 21.3 Å². The molecule has 0 radical (unpaired) electrons. The molecule has 0 amide bonds. The number of rotatable bonds is 6. The van der Waals surface area contributed by atoms with Crippen molar-refractivity contribution >= 4 is 11.6 Å². The second-order valence-electron chi connectivity index (χ2n) is 5.51. The van der Waals surface area contributed by atoms with E-state index in [0.717, 1.165) is 17.0 Å². The lowest BCUT2D eigenvalue weighted by Gasteiger charge is -2.13. The number of guanidine groups is 1. The van der Waals surface area contributed by atoms with Crippen LogP contribution in [0, 0.1) is 0 Å². The first-order valence-electron chi connectivity index (χ1n) is 8.19. The Bertz CT molecular complexity index is 906. The van der Waals surface area contributed by atoms with E-state index in [1.165, 1.54) is 0 Å². The maximum Gasteiger partial charge on any atom is 0.191 e. The van der Waals surface area contributed by atoms with Crippen LogP contribution in [0.3, 0.4) is 0 Å². The molecule has 8 nitrogen and oxygen atoms in total. The third-order valence-corrected chi connectivity index (χ3v) is 3.93. The Morgan fingerprint density at radius 1 is 1.04 bits per heavy atom. The van der Waals surface area contributed by atoms with E-state index >= 15 is 0 Å². The Balaban J connectivity index is 1.60. The molecule has 136 valence electrons. The zero-order valence-corrected chi connectivity index (χ0v) is 15.1. The molecule has 2 N–H and O–H groups in total. The van der Waals surface area contributed by atoms with Gasteiger partial charge in [-0.25, -0.2) is 0 Å². The van der Waals surface area contributed by atoms with E-state index in [0.29, 0.717) is 30.5 Å². The highest BCUT2D eigenvalue weighted by Crippen LogP contribution is 2.27. The SMILES string of the molecule is CN=C(NCc1ccc(OC)c(OC)c1)NCc1nnc2ccccn12. The van der Waals surface area contributed by atoms with Crippen LogP contribution in [-0.2, 0) is 13.1 Å². The van der Waals surface area contributed by atoms with Gasteiger partial charge in [-0.3, -0.25) is 9.39 Å². The second-order valence-corrected chi connectivity index (χ2v) is 5.51. The number of methoxy groups -OCH3 is 2. The molecule has 0 atom stereocenters. The smallest absolute Gasteiger partial charge is 0.191 e. The standard InChI is InChI=1S/C18H22N6O2/c1-19-18(20-11-13-7-8-14(25-2)15(10-13)26-3)21-12-17-23-22-16-6-4-5-9-24(16)17/h4-10H,11-12H2,1-3H3,(H2,19,20,21). The van der Waals surface area contributed by atoms with Crippen LogP contribution in [0.15, 0.2) is 47.6 Å². The van der Waals surface area contributed by atoms with Crippen LogP contribution in [0.4, 0.5) is 0 Å². The van der Waals surface area contributed by atoms with E-state index < -0.39 is 0 Å². The number of pyridine rings is 1. The van der Waals surface area contributed by atoms with Crippen LogP contribution in [0.25, 0.3) is 5.65 Å². The third-order valence-electron chi connectivity index (χ3n) is 3.93. The predicted octanol–water partition coefficient (Wildman–Crippen LogP) is 1.61. The number of fused-ring (bicyclic) bond motifs is 1. The van der Waals surface area contributed by atoms with Gasteiger partial charge in [-0.2, -0.15) is 0 Å². The van der Waals surface area contributed by atoms with Crippen molar-refractivity contribution in [3.8, 4) is 11.5 Å². The van der Waals surface area contributed by atoms with E-state index in [4.69, 9.17) is 9.47 Å². The van der Waals surface area contributed by atoms with Gasteiger partial charge in [0.1, 0.15) is 0 Å². The predicted molar refractivity (Wildman–Crippen MR) is 99.6 cm³/mol. The number of ether oxygens (including phenoxy) is 2. The second kappa shape index (κ2) is 8.19. The van der Waals surface area contributed by atoms with E-state index in [1.807, 2.05) is 47.0 Å². The lowest BCUT2D eigenvalue weighted by Crippen LogP contribution is -2.36. The summed E-state index contributed by atoms with van der Waals surface area (Å²) < 4.78 is 12.5. The molecule has 0 aliphatic carbocycles. The molecule has 0 aliphatic heterocycles. The quantitative estimate of drug-likeness (QED) is 0.517. The molecule has 0 saturated heterocycles. The first-order chi connectivity index (χ1) is 12.7. The summed E-state index contributed by atoms with van der Waals surface area (Å²) in [5.41, 5.74) is 1.87. The molecule has 0 unspecified atom stereocenters. The Labute approximate surface area is 151 Å². The van der Waals surface area contributed by atoms with Crippen LogP contribution < -0.4 is 20.1 Å². The molecule has 0 saturated carbocycles. The van der Waals surface area contributed by atoms with E-state index in [9.17, 15) is 0 Å². The van der Waals surface area contributed by atoms with Gasteiger partial charge in [0, 0.05) is 19.8 Å². The van der Waals surface area contributed by atoms with Crippen LogP contribution in [0.2, 0.25) is 0 Å². The van der Waals surface area contributed by atoms with Gasteiger partial charge in [-0.1, -0.05) is 12.1 Å². The molecule has 0 spiro atoms. The molecular weight excluding hydrogens is 332 g/mol. The lowest BCUT2D eigenvalue weighted by molar-refractivity contribution is 0.354. The number of hydrogen-bond donors (Lipinski definition) is 2. The van der Waals surface area contributed by atoms with Crippen molar-refractivity contribution in [2.24, 2.45) is 4.99 Å². The fourth-order valence-corrected chi connectivity index (χ4v) is 2.57. The summed E-state index contributed by atoms with van der Waals surface area (Å²) in [6, 6.07) is 11.6. The largest absolute Gasteiger partial charge is 0.493 e. The molecule has 0 bridgehead atoms. The van der Waals surface area contributed by atoms with E-state index in [2.05, 4.69) is 25.8 Å². The van der Waals surface area contributed by atoms with Gasteiger partial charge < -0.3 is 20.1 Å². The molecule has 3 rings (SSSR count). The summed E-state index contributed by atoms with van der Waals surface area (Å²) in [5.74, 6) is 2.89. The summed E-state index contributed by atoms with van der Waals surface area (Å²) in [6.45, 7) is 1.11. The number of benzene rings is 1.